The molecule has 16 heteroatoms. The van der Waals surface area contributed by atoms with Crippen LogP contribution in [0.4, 0.5) is 15.5 Å². The highest BCUT2D eigenvalue weighted by Crippen LogP contribution is 2.47. The molecular formula is C38H45N7O9. The number of alkyl carbamates (subject to hydrolysis) is 2. The highest BCUT2D eigenvalue weighted by atomic mass is 16.6. The summed E-state index contributed by atoms with van der Waals surface area (Å²) in [6.45, 7) is 13.9. The molecule has 286 valence electrons. The number of nitrogens with one attached hydrogen (secondary N) is 3. The van der Waals surface area contributed by atoms with Crippen molar-refractivity contribution < 1.29 is 38.1 Å². The van der Waals surface area contributed by atoms with Crippen LogP contribution in [-0.4, -0.2) is 61.5 Å². The van der Waals surface area contributed by atoms with Crippen LogP contribution in [0.25, 0.3) is 11.2 Å². The summed E-state index contributed by atoms with van der Waals surface area (Å²) in [5.74, 6) is -2.93. The summed E-state index contributed by atoms with van der Waals surface area (Å²) in [4.78, 5) is 78.1. The monoisotopic (exact) mass is 743 g/mol. The number of carbonyl (C=O) groups excluding carboxylic acids is 4. The molecule has 5 N–H and O–H groups in total. The largest absolute Gasteiger partial charge is 0.463 e. The molecule has 0 bridgehead atoms. The van der Waals surface area contributed by atoms with Crippen molar-refractivity contribution in [3.63, 3.8) is 0 Å². The third kappa shape index (κ3) is 9.05. The first-order valence-corrected chi connectivity index (χ1v) is 17.3. The van der Waals surface area contributed by atoms with Gasteiger partial charge < -0.3 is 35.3 Å². The van der Waals surface area contributed by atoms with Crippen LogP contribution in [0.5, 0.6) is 0 Å². The number of fused-ring (bicyclic) bond motifs is 1. The number of hydrogen-bond donors (Lipinski definition) is 4. The lowest BCUT2D eigenvalue weighted by atomic mass is 9.96. The molecule has 0 radical (unpaired) electrons. The van der Waals surface area contributed by atoms with Crippen LogP contribution in [0, 0.1) is 5.92 Å². The molecule has 54 heavy (non-hydrogen) atoms. The summed E-state index contributed by atoms with van der Waals surface area (Å²) in [7, 11) is 0. The number of nitrogens with zero attached hydrogens (tertiary/aromatic N) is 3. The summed E-state index contributed by atoms with van der Waals surface area (Å²) in [6.07, 6.45) is -0.0804. The molecule has 0 aliphatic heterocycles. The number of rotatable bonds is 10. The molecule has 1 aliphatic rings. The number of H-pyrrole nitrogens is 1. The number of imidazole rings is 1. The highest BCUT2D eigenvalue weighted by molar-refractivity contribution is 5.84. The number of amides is 2. The zero-order valence-corrected chi connectivity index (χ0v) is 31.0. The van der Waals surface area contributed by atoms with Crippen molar-refractivity contribution in [2.75, 3.05) is 12.3 Å². The van der Waals surface area contributed by atoms with Crippen molar-refractivity contribution in [3.05, 3.63) is 101 Å². The van der Waals surface area contributed by atoms with Gasteiger partial charge in [0.05, 0.1) is 5.92 Å². The molecule has 1 aliphatic carbocycles. The van der Waals surface area contributed by atoms with E-state index in [0.29, 0.717) is 16.7 Å². The molecule has 2 aromatic carbocycles. The molecular weight excluding hydrogens is 698 g/mol. The fraction of sp³-hybridized carbons (Fsp3) is 0.395. The average Bonchev–Trinajstić information content (AvgIpc) is 3.65. The van der Waals surface area contributed by atoms with Crippen LogP contribution in [-0.2, 0) is 34.3 Å². The van der Waals surface area contributed by atoms with Crippen molar-refractivity contribution in [2.45, 2.75) is 83.4 Å². The smallest absolute Gasteiger partial charge is 0.408 e. The molecule has 5 rings (SSSR count). The molecule has 1 fully saturated rings. The van der Waals surface area contributed by atoms with Crippen molar-refractivity contribution in [1.29, 1.82) is 0 Å². The number of esters is 2. The summed E-state index contributed by atoms with van der Waals surface area (Å²) >= 11 is 0. The third-order valence-corrected chi connectivity index (χ3v) is 8.40. The van der Waals surface area contributed by atoms with Gasteiger partial charge in [-0.25, -0.2) is 24.2 Å². The number of anilines is 1. The van der Waals surface area contributed by atoms with E-state index in [0.717, 1.165) is 0 Å². The minimum atomic E-state index is -1.76. The Kier molecular flexibility index (Phi) is 11.1. The minimum absolute atomic E-state index is 0.0137. The Morgan fingerprint density at radius 2 is 1.43 bits per heavy atom. The fourth-order valence-corrected chi connectivity index (χ4v) is 6.10. The van der Waals surface area contributed by atoms with Crippen LogP contribution < -0.4 is 21.9 Å². The van der Waals surface area contributed by atoms with E-state index in [4.69, 9.17) is 24.7 Å². The summed E-state index contributed by atoms with van der Waals surface area (Å²) in [6, 6.07) is 14.2. The quantitative estimate of drug-likeness (QED) is 0.0965. The lowest BCUT2D eigenvalue weighted by Gasteiger charge is -2.37. The summed E-state index contributed by atoms with van der Waals surface area (Å²) in [5, 5.41) is 5.20. The Morgan fingerprint density at radius 3 is 1.94 bits per heavy atom. The van der Waals surface area contributed by atoms with Gasteiger partial charge in [0.25, 0.3) is 5.56 Å². The first-order valence-electron chi connectivity index (χ1n) is 17.3. The van der Waals surface area contributed by atoms with Crippen LogP contribution in [0.15, 0.2) is 83.9 Å². The van der Waals surface area contributed by atoms with Gasteiger partial charge in [-0.05, 0) is 59.1 Å². The van der Waals surface area contributed by atoms with Crippen molar-refractivity contribution in [1.82, 2.24) is 30.2 Å². The van der Waals surface area contributed by atoms with Gasteiger partial charge in [0.15, 0.2) is 23.2 Å². The topological polar surface area (TPSA) is 219 Å². The van der Waals surface area contributed by atoms with Gasteiger partial charge in [0.2, 0.25) is 11.7 Å². The SMILES string of the molecule is C=C1CC[C@@](OC(=O)[C@H](NC(=O)OC(C)(C)C)c2ccccc2)(n2cnc3c(=O)[nH]c(N)nc32)[C@H]1COC(=O)[C@H](NC(=O)OC(C)(C)C)c1ccccc1. The van der Waals surface area contributed by atoms with E-state index < -0.39 is 71.2 Å². The van der Waals surface area contributed by atoms with Crippen LogP contribution >= 0.6 is 0 Å². The van der Waals surface area contributed by atoms with E-state index in [1.54, 1.807) is 102 Å². The van der Waals surface area contributed by atoms with E-state index in [2.05, 4.69) is 32.2 Å². The van der Waals surface area contributed by atoms with E-state index in [1.807, 2.05) is 0 Å². The Morgan fingerprint density at radius 1 is 0.907 bits per heavy atom. The molecule has 4 aromatic rings. The number of aromatic amines is 1. The predicted molar refractivity (Wildman–Crippen MR) is 197 cm³/mol. The van der Waals surface area contributed by atoms with Gasteiger partial charge >= 0.3 is 24.1 Å². The standard InChI is InChI=1S/C38H45N7O9/c1-22-18-19-38(45-21-40-28-29(45)43-33(39)44-30(28)46,52-32(48)27(24-16-12-9-13-17-24)42-35(50)54-37(5,6)7)25(22)20-51-31(47)26(23-14-10-8-11-15-23)41-34(49)53-36(2,3)4/h8-17,21,25-27H,1,18-20H2,2-7H3,(H,41,49)(H,42,50)(H3,39,43,44,46)/t25-,26+,27+,38-/m0/s1. The third-order valence-electron chi connectivity index (χ3n) is 8.40. The van der Waals surface area contributed by atoms with E-state index >= 15 is 0 Å². The number of carbonyl (C=O) groups is 4. The Balaban J connectivity index is 1.54. The molecule has 4 atom stereocenters. The van der Waals surface area contributed by atoms with E-state index in [1.165, 1.54) is 10.9 Å². The summed E-state index contributed by atoms with van der Waals surface area (Å²) < 4.78 is 24.6. The minimum Gasteiger partial charge on any atom is -0.463 e. The van der Waals surface area contributed by atoms with Gasteiger partial charge in [0.1, 0.15) is 24.1 Å². The zero-order valence-electron chi connectivity index (χ0n) is 31.0. The lowest BCUT2D eigenvalue weighted by molar-refractivity contribution is -0.185. The Labute approximate surface area is 311 Å². The van der Waals surface area contributed by atoms with Crippen LogP contribution in [0.1, 0.15) is 77.6 Å². The van der Waals surface area contributed by atoms with Gasteiger partial charge in [-0.2, -0.15) is 4.98 Å². The van der Waals surface area contributed by atoms with Crippen LogP contribution in [0.2, 0.25) is 0 Å². The van der Waals surface area contributed by atoms with E-state index in [9.17, 15) is 24.0 Å². The number of nitrogen functional groups attached to an aromatic ring is 1. The fourth-order valence-electron chi connectivity index (χ4n) is 6.10. The molecule has 0 unspecified atom stereocenters. The van der Waals surface area contributed by atoms with Crippen molar-refractivity contribution in [3.8, 4) is 0 Å². The Hall–Kier alpha value is -6.19. The normalized spacial score (nSPS) is 18.3. The molecule has 2 aromatic heterocycles. The van der Waals surface area contributed by atoms with Crippen molar-refractivity contribution in [2.24, 2.45) is 5.92 Å². The molecule has 0 saturated heterocycles. The molecule has 2 amide bonds. The zero-order chi connectivity index (χ0) is 39.4. The maximum absolute atomic E-state index is 14.5. The van der Waals surface area contributed by atoms with Crippen molar-refractivity contribution >= 4 is 41.2 Å². The van der Waals surface area contributed by atoms with Gasteiger partial charge in [0, 0.05) is 6.42 Å². The van der Waals surface area contributed by atoms with Gasteiger partial charge in [-0.1, -0.05) is 72.8 Å². The number of benzene rings is 2. The van der Waals surface area contributed by atoms with Gasteiger partial charge in [-0.3, -0.25) is 14.3 Å². The number of hydrogen-bond acceptors (Lipinski definition) is 12. The van der Waals surface area contributed by atoms with E-state index in [-0.39, 0.29) is 30.0 Å². The predicted octanol–water partition coefficient (Wildman–Crippen LogP) is 4.94. The molecule has 0 spiro atoms. The summed E-state index contributed by atoms with van der Waals surface area (Å²) in [5.41, 5.74) is 3.06. The molecule has 1 saturated carbocycles. The number of ether oxygens (including phenoxy) is 4. The number of nitrogens with two attached hydrogens (primary N) is 1. The highest BCUT2D eigenvalue weighted by Gasteiger charge is 2.53. The maximum atomic E-state index is 14.5. The second-order valence-corrected chi connectivity index (χ2v) is 14.8. The average molecular weight is 744 g/mol. The molecule has 2 heterocycles. The first-order chi connectivity index (χ1) is 25.4. The van der Waals surface area contributed by atoms with Gasteiger partial charge in [-0.15, -0.1) is 0 Å². The number of aromatic nitrogens is 4. The lowest BCUT2D eigenvalue weighted by Crippen LogP contribution is -2.48. The Bertz CT molecular complexity index is 2080. The maximum Gasteiger partial charge on any atom is 0.408 e. The second-order valence-electron chi connectivity index (χ2n) is 14.8. The first kappa shape index (κ1) is 39.0. The molecule has 16 nitrogen and oxygen atoms in total. The van der Waals surface area contributed by atoms with Crippen LogP contribution in [0.3, 0.4) is 0 Å². The second kappa shape index (κ2) is 15.4.